The van der Waals surface area contributed by atoms with E-state index >= 15 is 0 Å². The van der Waals surface area contributed by atoms with Crippen molar-refractivity contribution in [3.8, 4) is 0 Å². The van der Waals surface area contributed by atoms with Gasteiger partial charge in [-0.3, -0.25) is 4.79 Å². The summed E-state index contributed by atoms with van der Waals surface area (Å²) in [4.78, 5) is 18.6. The molecule has 0 radical (unpaired) electrons. The minimum Gasteiger partial charge on any atom is -0.481 e. The number of rotatable bonds is 5. The Balaban J connectivity index is 2.06. The summed E-state index contributed by atoms with van der Waals surface area (Å²) in [5.41, 5.74) is 0. The number of imidazole rings is 1. The fraction of sp³-hybridized carbons (Fsp3) is 0.333. The van der Waals surface area contributed by atoms with Gasteiger partial charge in [0.05, 0.1) is 12.3 Å². The summed E-state index contributed by atoms with van der Waals surface area (Å²) in [6.45, 7) is 2.13. The van der Waals surface area contributed by atoms with Crippen LogP contribution in [-0.2, 0) is 11.3 Å². The van der Waals surface area contributed by atoms with Gasteiger partial charge < -0.3 is 14.2 Å². The van der Waals surface area contributed by atoms with Crippen LogP contribution in [0.3, 0.4) is 0 Å². The van der Waals surface area contributed by atoms with E-state index in [2.05, 4.69) is 15.1 Å². The highest BCUT2D eigenvalue weighted by atomic mass is 32.2. The summed E-state index contributed by atoms with van der Waals surface area (Å²) in [5, 5.41) is 13.0. The number of carboxylic acids is 1. The van der Waals surface area contributed by atoms with Gasteiger partial charge in [-0.25, -0.2) is 4.98 Å². The van der Waals surface area contributed by atoms with Crippen molar-refractivity contribution in [1.29, 1.82) is 0 Å². The Morgan fingerprint density at radius 3 is 3.12 bits per heavy atom. The third-order valence-corrected chi connectivity index (χ3v) is 2.87. The average molecular weight is 254 g/mol. The van der Waals surface area contributed by atoms with Crippen molar-refractivity contribution in [2.75, 3.05) is 5.75 Å². The third-order valence-electron chi connectivity index (χ3n) is 1.88. The highest BCUT2D eigenvalue weighted by Crippen LogP contribution is 2.16. The minimum absolute atomic E-state index is 0.0255. The number of aliphatic carboxylic acids is 1. The van der Waals surface area contributed by atoms with Crippen LogP contribution in [0, 0.1) is 6.92 Å². The van der Waals surface area contributed by atoms with Crippen LogP contribution < -0.4 is 0 Å². The maximum absolute atomic E-state index is 10.5. The first-order chi connectivity index (χ1) is 8.15. The molecule has 2 rings (SSSR count). The van der Waals surface area contributed by atoms with Crippen molar-refractivity contribution in [3.05, 3.63) is 24.1 Å². The Hall–Kier alpha value is -1.83. The lowest BCUT2D eigenvalue weighted by molar-refractivity contribution is -0.133. The van der Waals surface area contributed by atoms with Crippen LogP contribution in [0.2, 0.25) is 0 Å². The zero-order valence-corrected chi connectivity index (χ0v) is 9.85. The Labute approximate surface area is 101 Å². The van der Waals surface area contributed by atoms with Gasteiger partial charge in [0.2, 0.25) is 5.89 Å². The molecule has 1 N–H and O–H groups in total. The Bertz CT molecular complexity index is 522. The second kappa shape index (κ2) is 5.00. The van der Waals surface area contributed by atoms with Crippen molar-refractivity contribution in [1.82, 2.24) is 19.7 Å². The van der Waals surface area contributed by atoms with Crippen LogP contribution in [0.25, 0.3) is 0 Å². The molecular weight excluding hydrogens is 244 g/mol. The van der Waals surface area contributed by atoms with E-state index in [4.69, 9.17) is 9.63 Å². The monoisotopic (exact) mass is 254 g/mol. The average Bonchev–Trinajstić information content (AvgIpc) is 2.86. The second-order valence-electron chi connectivity index (χ2n) is 3.25. The topological polar surface area (TPSA) is 94.0 Å². The molecule has 2 heterocycles. The predicted molar refractivity (Wildman–Crippen MR) is 58.7 cm³/mol. The molecule has 0 aliphatic rings. The smallest absolute Gasteiger partial charge is 0.313 e. The first-order valence-corrected chi connectivity index (χ1v) is 5.78. The molecule has 0 fully saturated rings. The molecule has 0 atom stereocenters. The molecule has 0 aliphatic heterocycles. The molecule has 0 bridgehead atoms. The Morgan fingerprint density at radius 1 is 1.65 bits per heavy atom. The Kier molecular flexibility index (Phi) is 3.43. The van der Waals surface area contributed by atoms with Crippen molar-refractivity contribution in [2.24, 2.45) is 0 Å². The van der Waals surface area contributed by atoms with Crippen molar-refractivity contribution in [3.63, 3.8) is 0 Å². The maximum atomic E-state index is 10.5. The van der Waals surface area contributed by atoms with Gasteiger partial charge in [0.15, 0.2) is 11.0 Å². The summed E-state index contributed by atoms with van der Waals surface area (Å²) in [5.74, 6) is 0.139. The third kappa shape index (κ3) is 3.06. The highest BCUT2D eigenvalue weighted by Gasteiger charge is 2.09. The van der Waals surface area contributed by atoms with Gasteiger partial charge in [-0.2, -0.15) is 4.98 Å². The number of thioether (sulfide) groups is 1. The molecular formula is C9H10N4O3S. The van der Waals surface area contributed by atoms with Gasteiger partial charge in [0.1, 0.15) is 0 Å². The van der Waals surface area contributed by atoms with Gasteiger partial charge in [-0.15, -0.1) is 0 Å². The molecule has 7 nitrogen and oxygen atoms in total. The van der Waals surface area contributed by atoms with E-state index in [0.717, 1.165) is 11.8 Å². The first kappa shape index (κ1) is 11.6. The normalized spacial score (nSPS) is 10.6. The lowest BCUT2D eigenvalue weighted by Crippen LogP contribution is -2.04. The highest BCUT2D eigenvalue weighted by molar-refractivity contribution is 7.99. The number of hydrogen-bond acceptors (Lipinski definition) is 6. The van der Waals surface area contributed by atoms with Gasteiger partial charge in [-0.1, -0.05) is 16.9 Å². The molecule has 90 valence electrons. The summed E-state index contributed by atoms with van der Waals surface area (Å²) in [6.07, 6.45) is 3.35. The second-order valence-corrected chi connectivity index (χ2v) is 4.19. The fourth-order valence-corrected chi connectivity index (χ4v) is 1.92. The number of carbonyl (C=O) groups is 1. The molecule has 0 saturated carbocycles. The summed E-state index contributed by atoms with van der Waals surface area (Å²) < 4.78 is 6.63. The quantitative estimate of drug-likeness (QED) is 0.788. The van der Waals surface area contributed by atoms with Crippen molar-refractivity contribution < 1.29 is 14.4 Å². The molecule has 0 aromatic carbocycles. The van der Waals surface area contributed by atoms with Crippen molar-refractivity contribution >= 4 is 17.7 Å². The van der Waals surface area contributed by atoms with E-state index < -0.39 is 5.97 Å². The molecule has 0 unspecified atom stereocenters. The molecule has 0 aliphatic carbocycles. The number of hydrogen-bond donors (Lipinski definition) is 1. The molecule has 0 spiro atoms. The van der Waals surface area contributed by atoms with Crippen LogP contribution >= 0.6 is 11.8 Å². The standard InChI is InChI=1S/C9H10N4O3S/c1-6-11-7(12-16-6)4-13-3-2-10-9(13)17-5-8(14)15/h2-3H,4-5H2,1H3,(H,14,15). The first-order valence-electron chi connectivity index (χ1n) is 4.80. The van der Waals surface area contributed by atoms with E-state index in [-0.39, 0.29) is 5.75 Å². The zero-order chi connectivity index (χ0) is 12.3. The molecule has 2 aromatic heterocycles. The zero-order valence-electron chi connectivity index (χ0n) is 9.03. The van der Waals surface area contributed by atoms with E-state index in [1.807, 2.05) is 0 Å². The summed E-state index contributed by atoms with van der Waals surface area (Å²) in [7, 11) is 0. The van der Waals surface area contributed by atoms with E-state index in [0.29, 0.717) is 23.4 Å². The van der Waals surface area contributed by atoms with E-state index in [1.54, 1.807) is 23.9 Å². The van der Waals surface area contributed by atoms with E-state index in [1.165, 1.54) is 0 Å². The van der Waals surface area contributed by atoms with Crippen LogP contribution in [0.5, 0.6) is 0 Å². The van der Waals surface area contributed by atoms with Crippen LogP contribution in [0.4, 0.5) is 0 Å². The molecule has 17 heavy (non-hydrogen) atoms. The maximum Gasteiger partial charge on any atom is 0.313 e. The molecule has 0 amide bonds. The number of nitrogens with zero attached hydrogens (tertiary/aromatic N) is 4. The Morgan fingerprint density at radius 2 is 2.47 bits per heavy atom. The van der Waals surface area contributed by atoms with Gasteiger partial charge >= 0.3 is 5.97 Å². The van der Waals surface area contributed by atoms with Crippen LogP contribution in [0.1, 0.15) is 11.7 Å². The summed E-state index contributed by atoms with van der Waals surface area (Å²) >= 11 is 1.15. The lowest BCUT2D eigenvalue weighted by atomic mass is 10.6. The van der Waals surface area contributed by atoms with Crippen molar-refractivity contribution in [2.45, 2.75) is 18.6 Å². The minimum atomic E-state index is -0.875. The lowest BCUT2D eigenvalue weighted by Gasteiger charge is -2.02. The van der Waals surface area contributed by atoms with Gasteiger partial charge in [0, 0.05) is 19.3 Å². The molecule has 8 heteroatoms. The SMILES string of the molecule is Cc1nc(Cn2ccnc2SCC(=O)O)no1. The molecule has 0 saturated heterocycles. The van der Waals surface area contributed by atoms with Crippen LogP contribution in [0.15, 0.2) is 22.1 Å². The van der Waals surface area contributed by atoms with Crippen LogP contribution in [-0.4, -0.2) is 36.5 Å². The fourth-order valence-electron chi connectivity index (χ4n) is 1.24. The van der Waals surface area contributed by atoms with Gasteiger partial charge in [0.25, 0.3) is 0 Å². The summed E-state index contributed by atoms with van der Waals surface area (Å²) in [6, 6.07) is 0. The largest absolute Gasteiger partial charge is 0.481 e. The predicted octanol–water partition coefficient (Wildman–Crippen LogP) is 0.800. The number of aromatic nitrogens is 4. The van der Waals surface area contributed by atoms with E-state index in [9.17, 15) is 4.79 Å². The number of carboxylic acid groups (broad SMARTS) is 1. The molecule has 2 aromatic rings. The van der Waals surface area contributed by atoms with Gasteiger partial charge in [-0.05, 0) is 0 Å². The number of aryl methyl sites for hydroxylation is 1.